The van der Waals surface area contributed by atoms with E-state index in [-0.39, 0.29) is 18.6 Å². The van der Waals surface area contributed by atoms with Crippen molar-refractivity contribution < 1.29 is 9.90 Å². The molecule has 0 saturated carbocycles. The van der Waals surface area contributed by atoms with Gasteiger partial charge in [-0.3, -0.25) is 9.69 Å². The van der Waals surface area contributed by atoms with E-state index in [4.69, 9.17) is 5.11 Å². The molecule has 1 N–H and O–H groups in total. The smallest absolute Gasteiger partial charge is 0.237 e. The largest absolute Gasteiger partial charge is 0.396 e. The summed E-state index contributed by atoms with van der Waals surface area (Å²) in [6.07, 6.45) is 6.51. The van der Waals surface area contributed by atoms with E-state index in [9.17, 15) is 4.79 Å². The fourth-order valence-corrected chi connectivity index (χ4v) is 4.32. The Labute approximate surface area is 145 Å². The van der Waals surface area contributed by atoms with Crippen molar-refractivity contribution in [2.45, 2.75) is 44.6 Å². The van der Waals surface area contributed by atoms with Crippen LogP contribution in [0, 0.1) is 5.92 Å². The minimum absolute atomic E-state index is 0.223. The molecule has 1 aromatic rings. The minimum atomic E-state index is 0.223. The molecule has 1 amide bonds. The van der Waals surface area contributed by atoms with Crippen molar-refractivity contribution in [1.29, 1.82) is 0 Å². The molecule has 0 radical (unpaired) electrons. The first kappa shape index (κ1) is 17.4. The normalized spacial score (nSPS) is 24.4. The summed E-state index contributed by atoms with van der Waals surface area (Å²) < 4.78 is 0. The number of likely N-dealkylation sites (N-methyl/N-ethyl adjacent to an activating group) is 1. The van der Waals surface area contributed by atoms with Crippen LogP contribution in [0.15, 0.2) is 24.3 Å². The fraction of sp³-hybridized carbons (Fsp3) is 0.650. The molecule has 0 aromatic heterocycles. The van der Waals surface area contributed by atoms with Gasteiger partial charge in [-0.2, -0.15) is 0 Å². The molecule has 0 bridgehead atoms. The van der Waals surface area contributed by atoms with E-state index >= 15 is 0 Å². The van der Waals surface area contributed by atoms with Crippen molar-refractivity contribution in [3.8, 4) is 0 Å². The molecule has 1 fully saturated rings. The van der Waals surface area contributed by atoms with E-state index in [0.717, 1.165) is 45.2 Å². The second-order valence-electron chi connectivity index (χ2n) is 7.37. The Kier molecular flexibility index (Phi) is 5.90. The second kappa shape index (κ2) is 8.13. The van der Waals surface area contributed by atoms with Crippen molar-refractivity contribution in [3.05, 3.63) is 35.4 Å². The van der Waals surface area contributed by atoms with E-state index in [0.29, 0.717) is 12.5 Å². The molecule has 1 heterocycles. The maximum Gasteiger partial charge on any atom is 0.237 e. The molecule has 4 nitrogen and oxygen atoms in total. The number of hydrogen-bond donors (Lipinski definition) is 1. The molecule has 1 aromatic carbocycles. The molecule has 132 valence electrons. The monoisotopic (exact) mass is 330 g/mol. The average Bonchev–Trinajstić information content (AvgIpc) is 2.61. The lowest BCUT2D eigenvalue weighted by Crippen LogP contribution is -2.44. The zero-order chi connectivity index (χ0) is 16.9. The van der Waals surface area contributed by atoms with Gasteiger partial charge < -0.3 is 10.0 Å². The van der Waals surface area contributed by atoms with E-state index in [1.165, 1.54) is 17.5 Å². The van der Waals surface area contributed by atoms with Crippen LogP contribution in [0.4, 0.5) is 0 Å². The van der Waals surface area contributed by atoms with Crippen molar-refractivity contribution in [1.82, 2.24) is 9.80 Å². The predicted octanol–water partition coefficient (Wildman–Crippen LogP) is 2.62. The first-order chi connectivity index (χ1) is 11.7. The van der Waals surface area contributed by atoms with Crippen molar-refractivity contribution in [3.63, 3.8) is 0 Å². The number of amides is 1. The number of piperidine rings is 1. The van der Waals surface area contributed by atoms with Gasteiger partial charge >= 0.3 is 0 Å². The topological polar surface area (TPSA) is 43.8 Å². The van der Waals surface area contributed by atoms with Gasteiger partial charge in [-0.15, -0.1) is 0 Å². The molecule has 0 unspecified atom stereocenters. The Morgan fingerprint density at radius 3 is 2.96 bits per heavy atom. The predicted molar refractivity (Wildman–Crippen MR) is 95.8 cm³/mol. The molecule has 4 heteroatoms. The Hall–Kier alpha value is -1.39. The molecular formula is C20H30N2O2. The highest BCUT2D eigenvalue weighted by molar-refractivity contribution is 5.78. The van der Waals surface area contributed by atoms with Crippen LogP contribution in [-0.4, -0.2) is 54.1 Å². The van der Waals surface area contributed by atoms with Gasteiger partial charge in [0.15, 0.2) is 0 Å². The van der Waals surface area contributed by atoms with E-state index in [1.807, 2.05) is 11.9 Å². The number of fused-ring (bicyclic) bond motifs is 1. The number of carbonyl (C=O) groups is 1. The van der Waals surface area contributed by atoms with Gasteiger partial charge in [-0.1, -0.05) is 24.3 Å². The van der Waals surface area contributed by atoms with Crippen molar-refractivity contribution >= 4 is 5.91 Å². The van der Waals surface area contributed by atoms with Gasteiger partial charge in [0.05, 0.1) is 12.6 Å². The zero-order valence-electron chi connectivity index (χ0n) is 14.8. The molecule has 1 saturated heterocycles. The fourth-order valence-electron chi connectivity index (χ4n) is 4.32. The zero-order valence-corrected chi connectivity index (χ0v) is 14.8. The third kappa shape index (κ3) is 3.98. The summed E-state index contributed by atoms with van der Waals surface area (Å²) in [6, 6.07) is 8.78. The van der Waals surface area contributed by atoms with Crippen LogP contribution in [0.3, 0.4) is 0 Å². The highest BCUT2D eigenvalue weighted by Crippen LogP contribution is 2.33. The van der Waals surface area contributed by atoms with Gasteiger partial charge in [0, 0.05) is 20.2 Å². The van der Waals surface area contributed by atoms with Gasteiger partial charge in [-0.25, -0.2) is 0 Å². The number of nitrogens with zero attached hydrogens (tertiary/aromatic N) is 2. The highest BCUT2D eigenvalue weighted by Gasteiger charge is 2.28. The number of rotatable bonds is 5. The summed E-state index contributed by atoms with van der Waals surface area (Å²) in [5.41, 5.74) is 2.73. The Balaban J connectivity index is 1.61. The highest BCUT2D eigenvalue weighted by atomic mass is 16.3. The van der Waals surface area contributed by atoms with Gasteiger partial charge in [0.1, 0.15) is 0 Å². The molecule has 2 aliphatic rings. The van der Waals surface area contributed by atoms with E-state index < -0.39 is 0 Å². The Bertz CT molecular complexity index is 558. The van der Waals surface area contributed by atoms with Gasteiger partial charge in [-0.05, 0) is 62.1 Å². The standard InChI is InChI=1S/C20H30N2O2/c1-21(19-10-4-8-17-7-2-3-9-18(17)19)20(24)15-22-12-5-6-16(14-22)11-13-23/h2-3,7,9,16,19,23H,4-6,8,10-15H2,1H3/t16-,19-/m1/s1. The number of benzene rings is 1. The third-order valence-corrected chi connectivity index (χ3v) is 5.70. The maximum atomic E-state index is 12.8. The summed E-state index contributed by atoms with van der Waals surface area (Å²) in [6.45, 7) is 2.71. The lowest BCUT2D eigenvalue weighted by atomic mass is 9.87. The van der Waals surface area contributed by atoms with Crippen molar-refractivity contribution in [2.75, 3.05) is 33.3 Å². The lowest BCUT2D eigenvalue weighted by molar-refractivity contribution is -0.134. The number of aryl methyl sites for hydroxylation is 1. The molecule has 2 atom stereocenters. The number of aliphatic hydroxyl groups excluding tert-OH is 1. The lowest BCUT2D eigenvalue weighted by Gasteiger charge is -2.36. The number of hydrogen-bond acceptors (Lipinski definition) is 3. The van der Waals surface area contributed by atoms with Gasteiger partial charge in [0.2, 0.25) is 5.91 Å². The molecule has 24 heavy (non-hydrogen) atoms. The summed E-state index contributed by atoms with van der Waals surface area (Å²) in [7, 11) is 1.96. The van der Waals surface area contributed by atoms with Crippen LogP contribution in [0.2, 0.25) is 0 Å². The molecule has 0 spiro atoms. The number of likely N-dealkylation sites (tertiary alicyclic amines) is 1. The Morgan fingerprint density at radius 1 is 1.29 bits per heavy atom. The van der Waals surface area contributed by atoms with Crippen LogP contribution < -0.4 is 0 Å². The van der Waals surface area contributed by atoms with E-state index in [2.05, 4.69) is 29.2 Å². The van der Waals surface area contributed by atoms with Gasteiger partial charge in [0.25, 0.3) is 0 Å². The first-order valence-electron chi connectivity index (χ1n) is 9.35. The second-order valence-corrected chi connectivity index (χ2v) is 7.37. The van der Waals surface area contributed by atoms with Crippen LogP contribution in [-0.2, 0) is 11.2 Å². The molecule has 3 rings (SSSR count). The molecule has 1 aliphatic heterocycles. The summed E-state index contributed by atoms with van der Waals surface area (Å²) in [5, 5.41) is 9.14. The first-order valence-corrected chi connectivity index (χ1v) is 9.35. The third-order valence-electron chi connectivity index (χ3n) is 5.70. The SMILES string of the molecule is CN(C(=O)CN1CCC[C@H](CCO)C1)[C@@H]1CCCc2ccccc21. The van der Waals surface area contributed by atoms with Crippen LogP contribution >= 0.6 is 0 Å². The molecule has 1 aliphatic carbocycles. The summed E-state index contributed by atoms with van der Waals surface area (Å²) in [5.74, 6) is 0.763. The summed E-state index contributed by atoms with van der Waals surface area (Å²) >= 11 is 0. The van der Waals surface area contributed by atoms with Crippen LogP contribution in [0.1, 0.15) is 49.3 Å². The number of aliphatic hydroxyl groups is 1. The maximum absolute atomic E-state index is 12.8. The minimum Gasteiger partial charge on any atom is -0.396 e. The van der Waals surface area contributed by atoms with Crippen LogP contribution in [0.5, 0.6) is 0 Å². The van der Waals surface area contributed by atoms with Crippen LogP contribution in [0.25, 0.3) is 0 Å². The van der Waals surface area contributed by atoms with E-state index in [1.54, 1.807) is 0 Å². The Morgan fingerprint density at radius 2 is 2.12 bits per heavy atom. The average molecular weight is 330 g/mol. The summed E-state index contributed by atoms with van der Waals surface area (Å²) in [4.78, 5) is 17.1. The number of carbonyl (C=O) groups excluding carboxylic acids is 1. The molecular weight excluding hydrogens is 300 g/mol. The van der Waals surface area contributed by atoms with Crippen molar-refractivity contribution in [2.24, 2.45) is 5.92 Å². The quantitative estimate of drug-likeness (QED) is 0.902.